The van der Waals surface area contributed by atoms with E-state index in [0.29, 0.717) is 16.0 Å². The third-order valence-corrected chi connectivity index (χ3v) is 3.06. The second kappa shape index (κ2) is 6.07. The zero-order chi connectivity index (χ0) is 11.3. The summed E-state index contributed by atoms with van der Waals surface area (Å²) in [6.07, 6.45) is 4.67. The van der Waals surface area contributed by atoms with Crippen LogP contribution in [0.25, 0.3) is 0 Å². The molecule has 1 aromatic heterocycles. The van der Waals surface area contributed by atoms with Gasteiger partial charge in [0.25, 0.3) is 0 Å². The van der Waals surface area contributed by atoms with Crippen LogP contribution in [0, 0.1) is 0 Å². The number of alkyl halides is 1. The lowest BCUT2D eigenvalue weighted by molar-refractivity contribution is 0.0387. The highest BCUT2D eigenvalue weighted by molar-refractivity contribution is 9.09. The van der Waals surface area contributed by atoms with Crippen molar-refractivity contribution in [1.82, 2.24) is 9.97 Å². The van der Waals surface area contributed by atoms with Crippen LogP contribution in [-0.2, 0) is 4.74 Å². The normalized spacial score (nSPS) is 12.2. The lowest BCUT2D eigenvalue weighted by Crippen LogP contribution is -2.16. The molecule has 0 aliphatic heterocycles. The maximum Gasteiger partial charge on any atom is 0.341 e. The zero-order valence-corrected chi connectivity index (χ0v) is 10.8. The molecule has 4 nitrogen and oxygen atoms in total. The molecule has 1 atom stereocenters. The quantitative estimate of drug-likeness (QED) is 0.368. The first-order valence-corrected chi connectivity index (χ1v) is 6.65. The Kier molecular flexibility index (Phi) is 5.04. The maximum absolute atomic E-state index is 11.5. The summed E-state index contributed by atoms with van der Waals surface area (Å²) in [6.45, 7) is 1.81. The van der Waals surface area contributed by atoms with Crippen molar-refractivity contribution in [3.8, 4) is 0 Å². The lowest BCUT2D eigenvalue weighted by atomic mass is 10.3. The molecule has 82 valence electrons. The Bertz CT molecular complexity index is 331. The summed E-state index contributed by atoms with van der Waals surface area (Å²) in [5, 5.41) is 1.25. The van der Waals surface area contributed by atoms with Crippen molar-refractivity contribution in [1.29, 1.82) is 0 Å². The van der Waals surface area contributed by atoms with Crippen molar-refractivity contribution in [3.63, 3.8) is 0 Å². The number of ether oxygens (including phenoxy) is 1. The average Bonchev–Trinajstić information content (AvgIpc) is 2.29. The minimum atomic E-state index is -0.394. The first-order chi connectivity index (χ1) is 7.17. The van der Waals surface area contributed by atoms with Gasteiger partial charge >= 0.3 is 5.97 Å². The highest BCUT2D eigenvalue weighted by atomic mass is 79.9. The molecule has 1 aromatic rings. The molecule has 6 heteroatoms. The number of carbonyl (C=O) groups is 1. The summed E-state index contributed by atoms with van der Waals surface area (Å²) in [7, 11) is 0. The number of aromatic nitrogens is 2. The molecule has 0 spiro atoms. The number of nitrogens with zero attached hydrogens (tertiary/aromatic N) is 2. The number of esters is 1. The molecule has 0 radical (unpaired) electrons. The number of hydrogen-bond donors (Lipinski definition) is 0. The molecular weight excluding hydrogens is 280 g/mol. The van der Waals surface area contributed by atoms with Crippen LogP contribution in [0.1, 0.15) is 17.3 Å². The predicted molar refractivity (Wildman–Crippen MR) is 62.5 cm³/mol. The van der Waals surface area contributed by atoms with E-state index in [1.807, 2.05) is 13.2 Å². The van der Waals surface area contributed by atoms with E-state index in [1.54, 1.807) is 0 Å². The van der Waals surface area contributed by atoms with Gasteiger partial charge in [-0.05, 0) is 13.2 Å². The molecule has 0 aliphatic carbocycles. The van der Waals surface area contributed by atoms with Crippen molar-refractivity contribution < 1.29 is 9.53 Å². The third-order valence-electron chi connectivity index (χ3n) is 1.57. The third kappa shape index (κ3) is 3.79. The van der Waals surface area contributed by atoms with Crippen molar-refractivity contribution in [2.45, 2.75) is 18.2 Å². The Morgan fingerprint density at radius 1 is 1.60 bits per heavy atom. The van der Waals surface area contributed by atoms with Crippen LogP contribution in [0.3, 0.4) is 0 Å². The average molecular weight is 291 g/mol. The predicted octanol–water partition coefficient (Wildman–Crippen LogP) is 2.14. The van der Waals surface area contributed by atoms with Crippen LogP contribution in [0.2, 0.25) is 0 Å². The molecule has 0 N–H and O–H groups in total. The Labute approximate surface area is 101 Å². The van der Waals surface area contributed by atoms with Crippen LogP contribution in [0.5, 0.6) is 0 Å². The lowest BCUT2D eigenvalue weighted by Gasteiger charge is -2.09. The molecule has 0 saturated heterocycles. The van der Waals surface area contributed by atoms with Crippen LogP contribution >= 0.6 is 27.7 Å². The highest BCUT2D eigenvalue weighted by Gasteiger charge is 2.11. The summed E-state index contributed by atoms with van der Waals surface area (Å²) in [4.78, 5) is 19.5. The maximum atomic E-state index is 11.5. The minimum Gasteiger partial charge on any atom is -0.458 e. The van der Waals surface area contributed by atoms with Gasteiger partial charge in [-0.25, -0.2) is 14.8 Å². The van der Waals surface area contributed by atoms with Crippen LogP contribution in [0.15, 0.2) is 17.6 Å². The van der Waals surface area contributed by atoms with Gasteiger partial charge in [0.2, 0.25) is 0 Å². The van der Waals surface area contributed by atoms with Crippen LogP contribution in [0.4, 0.5) is 0 Å². The number of carbonyl (C=O) groups excluding carboxylic acids is 1. The second-order valence-corrected chi connectivity index (χ2v) is 4.25. The molecular formula is C9H11BrN2O2S. The Morgan fingerprint density at radius 3 is 2.67 bits per heavy atom. The van der Waals surface area contributed by atoms with Crippen molar-refractivity contribution in [2.75, 3.05) is 11.6 Å². The second-order valence-electron chi connectivity index (χ2n) is 2.83. The van der Waals surface area contributed by atoms with Crippen LogP contribution in [-0.4, -0.2) is 33.6 Å². The number of halogens is 1. The fourth-order valence-electron chi connectivity index (χ4n) is 0.809. The number of rotatable bonds is 4. The summed E-state index contributed by atoms with van der Waals surface area (Å²) in [5.74, 6) is -0.394. The Hall–Kier alpha value is -0.620. The molecule has 0 aliphatic rings. The Morgan fingerprint density at radius 2 is 2.20 bits per heavy atom. The highest BCUT2D eigenvalue weighted by Crippen LogP contribution is 2.08. The van der Waals surface area contributed by atoms with E-state index in [4.69, 9.17) is 4.74 Å². The summed E-state index contributed by atoms with van der Waals surface area (Å²) >= 11 is 4.65. The molecule has 15 heavy (non-hydrogen) atoms. The standard InChI is InChI=1S/C9H11BrN2O2S/c1-6(3-10)14-8(13)7-4-11-9(15-2)12-5-7/h4-6H,3H2,1-2H3. The zero-order valence-electron chi connectivity index (χ0n) is 8.44. The topological polar surface area (TPSA) is 52.1 Å². The van der Waals surface area contributed by atoms with E-state index in [-0.39, 0.29) is 6.10 Å². The van der Waals surface area contributed by atoms with E-state index in [9.17, 15) is 4.79 Å². The van der Waals surface area contributed by atoms with Gasteiger partial charge in [0.1, 0.15) is 6.10 Å². The largest absolute Gasteiger partial charge is 0.458 e. The van der Waals surface area contributed by atoms with Crippen LogP contribution < -0.4 is 0 Å². The molecule has 0 bridgehead atoms. The van der Waals surface area contributed by atoms with Gasteiger partial charge in [-0.2, -0.15) is 0 Å². The minimum absolute atomic E-state index is 0.155. The molecule has 0 saturated carbocycles. The first-order valence-electron chi connectivity index (χ1n) is 4.30. The fraction of sp³-hybridized carbons (Fsp3) is 0.444. The molecule has 1 unspecified atom stereocenters. The summed E-state index contributed by atoms with van der Waals surface area (Å²) < 4.78 is 5.09. The molecule has 0 aromatic carbocycles. The van der Waals surface area contributed by atoms with Crippen molar-refractivity contribution >= 4 is 33.7 Å². The van der Waals surface area contributed by atoms with Gasteiger partial charge in [-0.1, -0.05) is 27.7 Å². The fourth-order valence-corrected chi connectivity index (χ4v) is 1.26. The molecule has 0 fully saturated rings. The molecule has 1 rings (SSSR count). The smallest absolute Gasteiger partial charge is 0.341 e. The van der Waals surface area contributed by atoms with E-state index < -0.39 is 5.97 Å². The number of hydrogen-bond acceptors (Lipinski definition) is 5. The molecule has 1 heterocycles. The van der Waals surface area contributed by atoms with E-state index >= 15 is 0 Å². The van der Waals surface area contributed by atoms with E-state index in [1.165, 1.54) is 24.2 Å². The van der Waals surface area contributed by atoms with E-state index in [0.717, 1.165) is 0 Å². The van der Waals surface area contributed by atoms with E-state index in [2.05, 4.69) is 25.9 Å². The Balaban J connectivity index is 2.66. The number of thioether (sulfide) groups is 1. The van der Waals surface area contributed by atoms with Gasteiger partial charge < -0.3 is 4.74 Å². The van der Waals surface area contributed by atoms with Gasteiger partial charge in [0, 0.05) is 17.7 Å². The summed E-state index contributed by atoms with van der Waals surface area (Å²) in [5.41, 5.74) is 0.376. The van der Waals surface area contributed by atoms with Crippen molar-refractivity contribution in [3.05, 3.63) is 18.0 Å². The SMILES string of the molecule is CSc1ncc(C(=O)OC(C)CBr)cn1. The van der Waals surface area contributed by atoms with Gasteiger partial charge in [0.05, 0.1) is 5.56 Å². The molecule has 0 amide bonds. The summed E-state index contributed by atoms with van der Waals surface area (Å²) in [6, 6.07) is 0. The first kappa shape index (κ1) is 12.4. The van der Waals surface area contributed by atoms with Gasteiger partial charge in [-0.15, -0.1) is 0 Å². The van der Waals surface area contributed by atoms with Crippen molar-refractivity contribution in [2.24, 2.45) is 0 Å². The van der Waals surface area contributed by atoms with Gasteiger partial charge in [-0.3, -0.25) is 0 Å². The van der Waals surface area contributed by atoms with Gasteiger partial charge in [0.15, 0.2) is 5.16 Å². The monoisotopic (exact) mass is 290 g/mol.